The van der Waals surface area contributed by atoms with Crippen LogP contribution in [0.15, 0.2) is 59.5 Å². The highest BCUT2D eigenvalue weighted by molar-refractivity contribution is 5.53. The van der Waals surface area contributed by atoms with Crippen molar-refractivity contribution in [3.8, 4) is 11.5 Å². The van der Waals surface area contributed by atoms with Crippen LogP contribution in [0.1, 0.15) is 34.4 Å². The van der Waals surface area contributed by atoms with Crippen molar-refractivity contribution in [3.63, 3.8) is 0 Å². The molecule has 0 fully saturated rings. The predicted molar refractivity (Wildman–Crippen MR) is 105 cm³/mol. The number of aromatic amines is 1. The van der Waals surface area contributed by atoms with Gasteiger partial charge in [-0.05, 0) is 42.8 Å². The summed E-state index contributed by atoms with van der Waals surface area (Å²) in [5.74, 6) is 0.995. The van der Waals surface area contributed by atoms with E-state index in [1.807, 2.05) is 19.2 Å². The van der Waals surface area contributed by atoms with Crippen LogP contribution in [0.25, 0.3) is 11.5 Å². The molecule has 1 aliphatic rings. The number of hydrogen-bond acceptors (Lipinski definition) is 5. The Balaban J connectivity index is 1.47. The van der Waals surface area contributed by atoms with Crippen molar-refractivity contribution in [3.05, 3.63) is 89.3 Å². The Bertz CT molecular complexity index is 1120. The first-order valence-electron chi connectivity index (χ1n) is 9.57. The van der Waals surface area contributed by atoms with Gasteiger partial charge >= 0.3 is 0 Å². The van der Waals surface area contributed by atoms with Crippen LogP contribution < -0.4 is 0 Å². The number of imidazole rings is 1. The molecule has 0 aliphatic carbocycles. The first-order chi connectivity index (χ1) is 14.2. The summed E-state index contributed by atoms with van der Waals surface area (Å²) in [6.45, 7) is 3.41. The molecule has 1 aromatic carbocycles. The highest BCUT2D eigenvalue weighted by atomic mass is 19.1. The highest BCUT2D eigenvalue weighted by Gasteiger charge is 2.32. The van der Waals surface area contributed by atoms with Gasteiger partial charge in [0.25, 0.3) is 0 Å². The summed E-state index contributed by atoms with van der Waals surface area (Å²) < 4.78 is 19.1. The topological polar surface area (TPSA) is 70.8 Å². The number of hydrogen-bond donors (Lipinski definition) is 1. The Kier molecular flexibility index (Phi) is 4.44. The largest absolute Gasteiger partial charge is 0.441 e. The standard InChI is InChI=1S/C22H20FN5O/c1-14-19(27-22(29-14)15-4-6-17(23)7-5-15)12-28-10-8-18-20(26-13-25-18)21(28)16-3-2-9-24-11-16/h2-7,9,11,13,21H,8,10,12H2,1H3,(H,25,26)/t21-/m1/s1. The SMILES string of the molecule is Cc1oc(-c2ccc(F)cc2)nc1CN1CCc2[nH]cnc2[C@H]1c1cccnc1. The zero-order valence-corrected chi connectivity index (χ0v) is 16.0. The number of nitrogens with one attached hydrogen (secondary N) is 1. The maximum atomic E-state index is 13.2. The van der Waals surface area contributed by atoms with Gasteiger partial charge in [0, 0.05) is 43.2 Å². The maximum Gasteiger partial charge on any atom is 0.226 e. The van der Waals surface area contributed by atoms with Gasteiger partial charge in [0.15, 0.2) is 0 Å². The molecule has 3 aromatic heterocycles. The number of oxazole rings is 1. The molecule has 0 unspecified atom stereocenters. The van der Waals surface area contributed by atoms with Gasteiger partial charge in [0.1, 0.15) is 11.6 Å². The number of fused-ring (bicyclic) bond motifs is 1. The molecule has 1 N–H and O–H groups in total. The molecule has 146 valence electrons. The fraction of sp³-hybridized carbons (Fsp3) is 0.227. The Morgan fingerprint density at radius 1 is 1.24 bits per heavy atom. The molecule has 7 heteroatoms. The molecule has 6 nitrogen and oxygen atoms in total. The van der Waals surface area contributed by atoms with E-state index < -0.39 is 0 Å². The number of rotatable bonds is 4. The van der Waals surface area contributed by atoms with Gasteiger partial charge in [-0.2, -0.15) is 0 Å². The summed E-state index contributed by atoms with van der Waals surface area (Å²) in [6.07, 6.45) is 6.32. The van der Waals surface area contributed by atoms with Crippen LogP contribution in [0.3, 0.4) is 0 Å². The third kappa shape index (κ3) is 3.34. The zero-order chi connectivity index (χ0) is 19.8. The third-order valence-corrected chi connectivity index (χ3v) is 5.36. The lowest BCUT2D eigenvalue weighted by molar-refractivity contribution is 0.197. The Morgan fingerprint density at radius 3 is 2.90 bits per heavy atom. The van der Waals surface area contributed by atoms with Crippen molar-refractivity contribution < 1.29 is 8.81 Å². The molecule has 5 rings (SSSR count). The summed E-state index contributed by atoms with van der Waals surface area (Å²) in [6, 6.07) is 10.2. The second-order valence-electron chi connectivity index (χ2n) is 7.20. The number of aryl methyl sites for hydroxylation is 1. The van der Waals surface area contributed by atoms with Gasteiger partial charge in [-0.1, -0.05) is 6.07 Å². The number of aromatic nitrogens is 4. The normalized spacial score (nSPS) is 16.7. The minimum atomic E-state index is -0.278. The molecule has 0 spiro atoms. The monoisotopic (exact) mass is 389 g/mol. The highest BCUT2D eigenvalue weighted by Crippen LogP contribution is 2.34. The summed E-state index contributed by atoms with van der Waals surface area (Å²) in [5, 5.41) is 0. The first kappa shape index (κ1) is 17.8. The Morgan fingerprint density at radius 2 is 2.10 bits per heavy atom. The summed E-state index contributed by atoms with van der Waals surface area (Å²) in [7, 11) is 0. The van der Waals surface area contributed by atoms with Gasteiger partial charge in [-0.25, -0.2) is 14.4 Å². The average molecular weight is 389 g/mol. The molecule has 1 atom stereocenters. The van der Waals surface area contributed by atoms with Crippen LogP contribution in [0, 0.1) is 12.7 Å². The summed E-state index contributed by atoms with van der Waals surface area (Å²) in [5.41, 5.74) is 4.93. The molecule has 4 heterocycles. The van der Waals surface area contributed by atoms with Gasteiger partial charge in [-0.15, -0.1) is 0 Å². The molecular weight excluding hydrogens is 369 g/mol. The molecule has 0 amide bonds. The lowest BCUT2D eigenvalue weighted by Crippen LogP contribution is -2.36. The van der Waals surface area contributed by atoms with E-state index in [0.29, 0.717) is 12.4 Å². The fourth-order valence-electron chi connectivity index (χ4n) is 3.88. The minimum absolute atomic E-state index is 0.00377. The molecule has 4 aromatic rings. The maximum absolute atomic E-state index is 13.2. The van der Waals surface area contributed by atoms with E-state index in [-0.39, 0.29) is 11.9 Å². The zero-order valence-electron chi connectivity index (χ0n) is 16.0. The Labute approximate surface area is 167 Å². The van der Waals surface area contributed by atoms with Crippen LogP contribution in [0.4, 0.5) is 4.39 Å². The lowest BCUT2D eigenvalue weighted by Gasteiger charge is -2.34. The second-order valence-corrected chi connectivity index (χ2v) is 7.20. The molecule has 0 saturated heterocycles. The minimum Gasteiger partial charge on any atom is -0.441 e. The Hall–Kier alpha value is -3.32. The molecular formula is C22H20FN5O. The summed E-state index contributed by atoms with van der Waals surface area (Å²) >= 11 is 0. The van der Waals surface area contributed by atoms with E-state index in [9.17, 15) is 4.39 Å². The van der Waals surface area contributed by atoms with E-state index in [1.54, 1.807) is 24.7 Å². The fourth-order valence-corrected chi connectivity index (χ4v) is 3.88. The van der Waals surface area contributed by atoms with Crippen molar-refractivity contribution in [1.29, 1.82) is 0 Å². The van der Waals surface area contributed by atoms with E-state index in [1.165, 1.54) is 17.8 Å². The second kappa shape index (κ2) is 7.25. The van der Waals surface area contributed by atoms with Crippen LogP contribution in [0.5, 0.6) is 0 Å². The van der Waals surface area contributed by atoms with E-state index >= 15 is 0 Å². The molecule has 1 aliphatic heterocycles. The van der Waals surface area contributed by atoms with Crippen molar-refractivity contribution >= 4 is 0 Å². The van der Waals surface area contributed by atoms with Gasteiger partial charge < -0.3 is 9.40 Å². The van der Waals surface area contributed by atoms with Crippen molar-refractivity contribution in [2.45, 2.75) is 25.9 Å². The number of pyridine rings is 1. The van der Waals surface area contributed by atoms with Crippen LogP contribution >= 0.6 is 0 Å². The van der Waals surface area contributed by atoms with Crippen LogP contribution in [0.2, 0.25) is 0 Å². The number of H-pyrrole nitrogens is 1. The van der Waals surface area contributed by atoms with Gasteiger partial charge in [0.2, 0.25) is 5.89 Å². The van der Waals surface area contributed by atoms with E-state index in [4.69, 9.17) is 9.40 Å². The van der Waals surface area contributed by atoms with E-state index in [0.717, 1.165) is 41.2 Å². The average Bonchev–Trinajstić information content (AvgIpc) is 3.36. The molecule has 0 bridgehead atoms. The number of nitrogens with zero attached hydrogens (tertiary/aromatic N) is 4. The van der Waals surface area contributed by atoms with Crippen LogP contribution in [-0.4, -0.2) is 31.4 Å². The third-order valence-electron chi connectivity index (χ3n) is 5.36. The van der Waals surface area contributed by atoms with Crippen LogP contribution in [-0.2, 0) is 13.0 Å². The summed E-state index contributed by atoms with van der Waals surface area (Å²) in [4.78, 5) is 19.2. The molecule has 0 radical (unpaired) electrons. The van der Waals surface area contributed by atoms with Crippen molar-refractivity contribution in [2.24, 2.45) is 0 Å². The number of benzene rings is 1. The van der Waals surface area contributed by atoms with Crippen molar-refractivity contribution in [1.82, 2.24) is 24.8 Å². The molecule has 29 heavy (non-hydrogen) atoms. The predicted octanol–water partition coefficient (Wildman–Crippen LogP) is 4.05. The van der Waals surface area contributed by atoms with Gasteiger partial charge in [-0.3, -0.25) is 9.88 Å². The van der Waals surface area contributed by atoms with Crippen molar-refractivity contribution in [2.75, 3.05) is 6.54 Å². The number of halogens is 1. The molecule has 0 saturated carbocycles. The van der Waals surface area contributed by atoms with E-state index in [2.05, 4.69) is 25.9 Å². The van der Waals surface area contributed by atoms with Gasteiger partial charge in [0.05, 0.1) is 23.8 Å². The lowest BCUT2D eigenvalue weighted by atomic mass is 9.96. The quantitative estimate of drug-likeness (QED) is 0.570. The first-order valence-corrected chi connectivity index (χ1v) is 9.57. The smallest absolute Gasteiger partial charge is 0.226 e.